The fraction of sp³-hybridized carbons (Fsp3) is 0.235. The molecule has 0 heterocycles. The number of carbonyl (C=O) groups excluding carboxylic acids is 1. The SMILES string of the molecule is COc1ccc(Cl)cc1NC(=O)CNS(=O)(=O)c1cc(C)ccc1OC. The number of methoxy groups -OCH3 is 2. The number of ether oxygens (including phenoxy) is 2. The molecule has 2 aromatic rings. The van der Waals surface area contributed by atoms with E-state index in [1.807, 2.05) is 0 Å². The highest BCUT2D eigenvalue weighted by Gasteiger charge is 2.21. The number of hydrogen-bond acceptors (Lipinski definition) is 5. The molecule has 0 atom stereocenters. The van der Waals surface area contributed by atoms with E-state index in [0.717, 1.165) is 5.56 Å². The molecule has 0 aromatic heterocycles. The number of benzene rings is 2. The second kappa shape index (κ2) is 8.39. The topological polar surface area (TPSA) is 93.7 Å². The molecule has 7 nitrogen and oxygen atoms in total. The Balaban J connectivity index is 2.12. The first-order chi connectivity index (χ1) is 12.3. The van der Waals surface area contributed by atoms with E-state index in [9.17, 15) is 13.2 Å². The van der Waals surface area contributed by atoms with E-state index in [4.69, 9.17) is 21.1 Å². The lowest BCUT2D eigenvalue weighted by molar-refractivity contribution is -0.115. The first kappa shape index (κ1) is 20.0. The summed E-state index contributed by atoms with van der Waals surface area (Å²) in [5, 5.41) is 2.97. The third kappa shape index (κ3) is 4.87. The van der Waals surface area contributed by atoms with Gasteiger partial charge in [-0.05, 0) is 42.8 Å². The van der Waals surface area contributed by atoms with E-state index in [-0.39, 0.29) is 10.6 Å². The summed E-state index contributed by atoms with van der Waals surface area (Å²) < 4.78 is 37.4. The average molecular weight is 399 g/mol. The van der Waals surface area contributed by atoms with Crippen LogP contribution in [0.15, 0.2) is 41.3 Å². The van der Waals surface area contributed by atoms with Crippen LogP contribution in [-0.2, 0) is 14.8 Å². The van der Waals surface area contributed by atoms with Crippen LogP contribution in [0.25, 0.3) is 0 Å². The number of sulfonamides is 1. The lowest BCUT2D eigenvalue weighted by Crippen LogP contribution is -2.33. The van der Waals surface area contributed by atoms with E-state index >= 15 is 0 Å². The van der Waals surface area contributed by atoms with Crippen molar-refractivity contribution in [3.05, 3.63) is 47.0 Å². The molecule has 2 N–H and O–H groups in total. The maximum Gasteiger partial charge on any atom is 0.244 e. The fourth-order valence-electron chi connectivity index (χ4n) is 2.20. The van der Waals surface area contributed by atoms with Gasteiger partial charge in [0.05, 0.1) is 26.5 Å². The van der Waals surface area contributed by atoms with E-state index in [2.05, 4.69) is 10.0 Å². The summed E-state index contributed by atoms with van der Waals surface area (Å²) in [6, 6.07) is 9.48. The van der Waals surface area contributed by atoms with E-state index < -0.39 is 22.5 Å². The Kier molecular flexibility index (Phi) is 6.47. The van der Waals surface area contributed by atoms with Crippen LogP contribution < -0.4 is 19.5 Å². The van der Waals surface area contributed by atoms with Gasteiger partial charge in [0.25, 0.3) is 0 Å². The van der Waals surface area contributed by atoms with Crippen LogP contribution in [0.2, 0.25) is 5.02 Å². The standard InChI is InChI=1S/C17H19ClN2O5S/c1-11-4-6-15(25-3)16(8-11)26(22,23)19-10-17(21)20-13-9-12(18)5-7-14(13)24-2/h4-9,19H,10H2,1-3H3,(H,20,21). The Bertz CT molecular complexity index is 915. The van der Waals surface area contributed by atoms with Crippen LogP contribution in [0.3, 0.4) is 0 Å². The minimum atomic E-state index is -3.93. The van der Waals surface area contributed by atoms with Gasteiger partial charge in [-0.1, -0.05) is 17.7 Å². The molecule has 0 saturated carbocycles. The lowest BCUT2D eigenvalue weighted by Gasteiger charge is -2.13. The summed E-state index contributed by atoms with van der Waals surface area (Å²) in [4.78, 5) is 12.1. The lowest BCUT2D eigenvalue weighted by atomic mass is 10.2. The van der Waals surface area contributed by atoms with Crippen LogP contribution in [0.4, 0.5) is 5.69 Å². The van der Waals surface area contributed by atoms with Gasteiger partial charge in [-0.2, -0.15) is 0 Å². The molecular formula is C17H19ClN2O5S. The summed E-state index contributed by atoms with van der Waals surface area (Å²) in [5.41, 5.74) is 1.09. The minimum absolute atomic E-state index is 0.0341. The molecular weight excluding hydrogens is 380 g/mol. The summed E-state index contributed by atoms with van der Waals surface area (Å²) >= 11 is 5.90. The zero-order chi connectivity index (χ0) is 19.3. The van der Waals surface area contributed by atoms with Gasteiger partial charge in [-0.25, -0.2) is 13.1 Å². The molecule has 0 unspecified atom stereocenters. The predicted molar refractivity (Wildman–Crippen MR) is 99.6 cm³/mol. The minimum Gasteiger partial charge on any atom is -0.495 e. The maximum atomic E-state index is 12.5. The van der Waals surface area contributed by atoms with Crippen LogP contribution in [0, 0.1) is 6.92 Å². The largest absolute Gasteiger partial charge is 0.495 e. The Morgan fingerprint density at radius 3 is 2.38 bits per heavy atom. The Labute approximate surface area is 157 Å². The number of carbonyl (C=O) groups is 1. The van der Waals surface area contributed by atoms with Crippen molar-refractivity contribution in [1.82, 2.24) is 4.72 Å². The van der Waals surface area contributed by atoms with Gasteiger partial charge in [0, 0.05) is 5.02 Å². The van der Waals surface area contributed by atoms with E-state index in [1.54, 1.807) is 31.2 Å². The molecule has 0 fully saturated rings. The second-order valence-electron chi connectivity index (χ2n) is 5.37. The quantitative estimate of drug-likeness (QED) is 0.747. The van der Waals surface area contributed by atoms with Gasteiger partial charge in [0.2, 0.25) is 15.9 Å². The molecule has 140 valence electrons. The number of hydrogen-bond donors (Lipinski definition) is 2. The van der Waals surface area contributed by atoms with E-state index in [1.165, 1.54) is 26.4 Å². The molecule has 2 aromatic carbocycles. The fourth-order valence-corrected chi connectivity index (χ4v) is 3.61. The van der Waals surface area contributed by atoms with Gasteiger partial charge >= 0.3 is 0 Å². The molecule has 1 amide bonds. The van der Waals surface area contributed by atoms with Crippen molar-refractivity contribution in [1.29, 1.82) is 0 Å². The number of nitrogens with one attached hydrogen (secondary N) is 2. The molecule has 26 heavy (non-hydrogen) atoms. The molecule has 0 spiro atoms. The Hall–Kier alpha value is -2.29. The first-order valence-corrected chi connectivity index (χ1v) is 9.40. The Morgan fingerprint density at radius 2 is 1.73 bits per heavy atom. The molecule has 0 radical (unpaired) electrons. The summed E-state index contributed by atoms with van der Waals surface area (Å²) in [6.07, 6.45) is 0. The van der Waals surface area contributed by atoms with Crippen LogP contribution in [-0.4, -0.2) is 35.1 Å². The van der Waals surface area contributed by atoms with Crippen LogP contribution in [0.5, 0.6) is 11.5 Å². The molecule has 0 aliphatic carbocycles. The number of aryl methyl sites for hydroxylation is 1. The number of anilines is 1. The zero-order valence-electron chi connectivity index (χ0n) is 14.5. The van der Waals surface area contributed by atoms with Crippen molar-refractivity contribution >= 4 is 33.2 Å². The molecule has 0 bridgehead atoms. The van der Waals surface area contributed by atoms with Crippen molar-refractivity contribution < 1.29 is 22.7 Å². The summed E-state index contributed by atoms with van der Waals surface area (Å²) in [5.74, 6) is 0.0340. The monoisotopic (exact) mass is 398 g/mol. The molecule has 0 saturated heterocycles. The second-order valence-corrected chi connectivity index (χ2v) is 7.54. The molecule has 9 heteroatoms. The van der Waals surface area contributed by atoms with E-state index in [0.29, 0.717) is 16.5 Å². The third-order valence-corrected chi connectivity index (χ3v) is 5.12. The van der Waals surface area contributed by atoms with Crippen molar-refractivity contribution in [3.8, 4) is 11.5 Å². The molecule has 0 aliphatic rings. The smallest absolute Gasteiger partial charge is 0.244 e. The highest BCUT2D eigenvalue weighted by atomic mass is 35.5. The summed E-state index contributed by atoms with van der Waals surface area (Å²) in [7, 11) is -1.10. The predicted octanol–water partition coefficient (Wildman–Crippen LogP) is 2.58. The van der Waals surface area contributed by atoms with Gasteiger partial charge in [-0.3, -0.25) is 4.79 Å². The Morgan fingerprint density at radius 1 is 1.08 bits per heavy atom. The van der Waals surface area contributed by atoms with Crippen LogP contribution >= 0.6 is 11.6 Å². The highest BCUT2D eigenvalue weighted by molar-refractivity contribution is 7.89. The van der Waals surface area contributed by atoms with Gasteiger partial charge in [0.15, 0.2) is 0 Å². The molecule has 2 rings (SSSR count). The number of halogens is 1. The maximum absolute atomic E-state index is 12.5. The van der Waals surface area contributed by atoms with Crippen molar-refractivity contribution in [3.63, 3.8) is 0 Å². The van der Waals surface area contributed by atoms with Crippen LogP contribution in [0.1, 0.15) is 5.56 Å². The normalized spacial score (nSPS) is 11.1. The van der Waals surface area contributed by atoms with Gasteiger partial charge in [-0.15, -0.1) is 0 Å². The van der Waals surface area contributed by atoms with Gasteiger partial charge < -0.3 is 14.8 Å². The van der Waals surface area contributed by atoms with Crippen molar-refractivity contribution in [2.24, 2.45) is 0 Å². The summed E-state index contributed by atoms with van der Waals surface area (Å²) in [6.45, 7) is 1.30. The molecule has 0 aliphatic heterocycles. The number of amides is 1. The zero-order valence-corrected chi connectivity index (χ0v) is 16.1. The van der Waals surface area contributed by atoms with Crippen molar-refractivity contribution in [2.45, 2.75) is 11.8 Å². The third-order valence-electron chi connectivity index (χ3n) is 3.47. The number of rotatable bonds is 7. The first-order valence-electron chi connectivity index (χ1n) is 7.54. The van der Waals surface area contributed by atoms with Crippen molar-refractivity contribution in [2.75, 3.05) is 26.1 Å². The average Bonchev–Trinajstić information content (AvgIpc) is 2.60. The highest BCUT2D eigenvalue weighted by Crippen LogP contribution is 2.28. The van der Waals surface area contributed by atoms with Gasteiger partial charge in [0.1, 0.15) is 16.4 Å².